The van der Waals surface area contributed by atoms with Crippen molar-refractivity contribution in [2.45, 2.75) is 121 Å². The second-order valence-electron chi connectivity index (χ2n) is 9.79. The van der Waals surface area contributed by atoms with E-state index in [2.05, 4.69) is 17.2 Å². The Morgan fingerprint density at radius 3 is 1.53 bits per heavy atom. The first kappa shape index (κ1) is 25.1. The Hall–Kier alpha value is -1.19. The van der Waals surface area contributed by atoms with E-state index in [1.807, 2.05) is 0 Å². The number of hydrogen-bond donors (Lipinski definition) is 2. The highest BCUT2D eigenvalue weighted by atomic mass is 16.1. The lowest BCUT2D eigenvalue weighted by Gasteiger charge is -2.19. The van der Waals surface area contributed by atoms with E-state index in [-0.39, 0.29) is 11.6 Å². The monoisotopic (exact) mass is 414 g/mol. The number of nitrogens with one attached hydrogen (secondary N) is 2. The van der Waals surface area contributed by atoms with Crippen molar-refractivity contribution in [3.05, 3.63) is 12.3 Å². The third-order valence-corrected chi connectivity index (χ3v) is 6.96. The van der Waals surface area contributed by atoms with Crippen LogP contribution in [-0.4, -0.2) is 32.7 Å². The SMILES string of the molecule is C=C(CCNC(=O)BC1CCCCCCCCC1)NC(=O)BC1CCCCCCC1. The van der Waals surface area contributed by atoms with E-state index >= 15 is 0 Å². The van der Waals surface area contributed by atoms with E-state index in [9.17, 15) is 9.59 Å². The fourth-order valence-electron chi connectivity index (χ4n) is 5.10. The zero-order valence-corrected chi connectivity index (χ0v) is 19.3. The second kappa shape index (κ2) is 15.6. The number of carbonyl (C=O) groups excluding carboxylic acids is 2. The van der Waals surface area contributed by atoms with Gasteiger partial charge in [-0.25, -0.2) is 0 Å². The highest BCUT2D eigenvalue weighted by Gasteiger charge is 2.19. The van der Waals surface area contributed by atoms with Crippen molar-refractivity contribution < 1.29 is 9.59 Å². The van der Waals surface area contributed by atoms with Gasteiger partial charge in [0.1, 0.15) is 0 Å². The summed E-state index contributed by atoms with van der Waals surface area (Å²) in [5.74, 6) is 1.31. The fraction of sp³-hybridized carbons (Fsp3) is 0.833. The summed E-state index contributed by atoms with van der Waals surface area (Å²) in [5.41, 5.74) is 0.727. The Balaban J connectivity index is 1.58. The minimum atomic E-state index is 0.0957. The molecule has 2 saturated carbocycles. The van der Waals surface area contributed by atoms with Crippen LogP contribution in [0.3, 0.4) is 0 Å². The van der Waals surface area contributed by atoms with Crippen LogP contribution in [0.5, 0.6) is 0 Å². The van der Waals surface area contributed by atoms with Crippen molar-refractivity contribution >= 4 is 26.2 Å². The molecule has 2 fully saturated rings. The molecule has 2 rings (SSSR count). The summed E-state index contributed by atoms with van der Waals surface area (Å²) in [6, 6.07) is 0. The average molecular weight is 414 g/mol. The van der Waals surface area contributed by atoms with Crippen molar-refractivity contribution in [2.24, 2.45) is 0 Å². The van der Waals surface area contributed by atoms with Gasteiger partial charge in [0.05, 0.1) is 0 Å². The minimum absolute atomic E-state index is 0.0957. The lowest BCUT2D eigenvalue weighted by atomic mass is 9.59. The summed E-state index contributed by atoms with van der Waals surface area (Å²) >= 11 is 0. The van der Waals surface area contributed by atoms with Crippen LogP contribution in [0, 0.1) is 0 Å². The second-order valence-corrected chi connectivity index (χ2v) is 9.79. The van der Waals surface area contributed by atoms with Crippen molar-refractivity contribution in [3.8, 4) is 0 Å². The van der Waals surface area contributed by atoms with Crippen LogP contribution < -0.4 is 10.6 Å². The molecule has 2 aliphatic carbocycles. The highest BCUT2D eigenvalue weighted by Crippen LogP contribution is 2.26. The molecule has 0 radical (unpaired) electrons. The predicted octanol–water partition coefficient (Wildman–Crippen LogP) is 6.03. The van der Waals surface area contributed by atoms with Crippen LogP contribution in [0.2, 0.25) is 11.6 Å². The first-order valence-corrected chi connectivity index (χ1v) is 12.9. The summed E-state index contributed by atoms with van der Waals surface area (Å²) in [7, 11) is 1.27. The largest absolute Gasteiger partial charge is 0.365 e. The van der Waals surface area contributed by atoms with E-state index in [0.29, 0.717) is 39.2 Å². The Morgan fingerprint density at radius 1 is 0.667 bits per heavy atom. The molecule has 2 aliphatic rings. The molecule has 0 heterocycles. The summed E-state index contributed by atoms with van der Waals surface area (Å²) < 4.78 is 0. The maximum atomic E-state index is 12.4. The molecule has 0 aliphatic heterocycles. The van der Waals surface area contributed by atoms with Crippen LogP contribution in [0.25, 0.3) is 0 Å². The van der Waals surface area contributed by atoms with E-state index in [4.69, 9.17) is 0 Å². The molecule has 0 aromatic rings. The molecular formula is C24H44B2N2O2. The van der Waals surface area contributed by atoms with Gasteiger partial charge in [0.25, 0.3) is 0 Å². The van der Waals surface area contributed by atoms with Gasteiger partial charge in [0.2, 0.25) is 14.6 Å². The summed E-state index contributed by atoms with van der Waals surface area (Å²) in [5, 5.41) is 6.01. The fourth-order valence-corrected chi connectivity index (χ4v) is 5.10. The first-order chi connectivity index (χ1) is 14.6. The van der Waals surface area contributed by atoms with Crippen LogP contribution >= 0.6 is 0 Å². The Kier molecular flexibility index (Phi) is 13.0. The minimum Gasteiger partial charge on any atom is -0.365 e. The normalized spacial score (nSPS) is 20.3. The molecule has 168 valence electrons. The van der Waals surface area contributed by atoms with Crippen LogP contribution in [0.15, 0.2) is 12.3 Å². The Bertz CT molecular complexity index is 509. The smallest absolute Gasteiger partial charge is 0.237 e. The van der Waals surface area contributed by atoms with Gasteiger partial charge >= 0.3 is 0 Å². The average Bonchev–Trinajstić information content (AvgIpc) is 2.68. The van der Waals surface area contributed by atoms with Gasteiger partial charge in [-0.15, -0.1) is 0 Å². The van der Waals surface area contributed by atoms with Crippen molar-refractivity contribution in [1.82, 2.24) is 10.6 Å². The zero-order chi connectivity index (χ0) is 21.4. The number of rotatable bonds is 8. The van der Waals surface area contributed by atoms with Crippen LogP contribution in [-0.2, 0) is 0 Å². The van der Waals surface area contributed by atoms with E-state index in [1.54, 1.807) is 0 Å². The molecule has 0 spiro atoms. The molecule has 0 atom stereocenters. The van der Waals surface area contributed by atoms with Gasteiger partial charge in [0, 0.05) is 18.7 Å². The topological polar surface area (TPSA) is 58.2 Å². The Labute approximate surface area is 186 Å². The predicted molar refractivity (Wildman–Crippen MR) is 131 cm³/mol. The maximum Gasteiger partial charge on any atom is 0.237 e. The molecule has 0 bridgehead atoms. The Morgan fingerprint density at radius 2 is 1.07 bits per heavy atom. The first-order valence-electron chi connectivity index (χ1n) is 12.9. The quantitative estimate of drug-likeness (QED) is 0.477. The van der Waals surface area contributed by atoms with E-state index in [0.717, 1.165) is 5.70 Å². The molecular weight excluding hydrogens is 370 g/mol. The molecule has 2 N–H and O–H groups in total. The maximum absolute atomic E-state index is 12.4. The third kappa shape index (κ3) is 11.9. The number of amides is 2. The molecule has 0 unspecified atom stereocenters. The molecule has 2 amide bonds. The lowest BCUT2D eigenvalue weighted by molar-refractivity contribution is 0.258. The molecule has 0 aromatic carbocycles. The lowest BCUT2D eigenvalue weighted by Crippen LogP contribution is -2.33. The van der Waals surface area contributed by atoms with Gasteiger partial charge in [0.15, 0.2) is 11.6 Å². The standard InChI is InChI=1S/C24H44B2N2O2/c1-20(28-24(30)26-22-16-12-8-5-9-13-17-22)18-19-27-23(29)25-21-14-10-6-3-2-4-7-11-15-21/h21-22,25-26H,1-19H2,(H,27,29)(H,28,30). The molecule has 6 heteroatoms. The third-order valence-electron chi connectivity index (χ3n) is 6.96. The van der Waals surface area contributed by atoms with Crippen LogP contribution in [0.1, 0.15) is 109 Å². The van der Waals surface area contributed by atoms with Gasteiger partial charge in [-0.3, -0.25) is 9.59 Å². The van der Waals surface area contributed by atoms with E-state index < -0.39 is 0 Å². The summed E-state index contributed by atoms with van der Waals surface area (Å²) in [6.07, 6.45) is 21.1. The van der Waals surface area contributed by atoms with Gasteiger partial charge in [-0.2, -0.15) is 0 Å². The summed E-state index contributed by atoms with van der Waals surface area (Å²) in [4.78, 5) is 24.7. The van der Waals surface area contributed by atoms with Crippen molar-refractivity contribution in [1.29, 1.82) is 0 Å². The van der Waals surface area contributed by atoms with Gasteiger partial charge in [-0.05, 0) is 0 Å². The molecule has 4 nitrogen and oxygen atoms in total. The zero-order valence-electron chi connectivity index (χ0n) is 19.3. The number of hydrogen-bond acceptors (Lipinski definition) is 2. The van der Waals surface area contributed by atoms with Gasteiger partial charge < -0.3 is 10.6 Å². The molecule has 0 aromatic heterocycles. The molecule has 30 heavy (non-hydrogen) atoms. The summed E-state index contributed by atoms with van der Waals surface area (Å²) in [6.45, 7) is 4.56. The van der Waals surface area contributed by atoms with Gasteiger partial charge in [-0.1, -0.05) is 121 Å². The number of carbonyl (C=O) groups is 2. The highest BCUT2D eigenvalue weighted by molar-refractivity contribution is 6.75. The van der Waals surface area contributed by atoms with Crippen molar-refractivity contribution in [2.75, 3.05) is 6.54 Å². The van der Waals surface area contributed by atoms with E-state index in [1.165, 1.54) is 103 Å². The van der Waals surface area contributed by atoms with Crippen molar-refractivity contribution in [3.63, 3.8) is 0 Å². The molecule has 0 saturated heterocycles. The van der Waals surface area contributed by atoms with Crippen LogP contribution in [0.4, 0.5) is 9.59 Å².